The molecule has 0 unspecified atom stereocenters. The number of pyridine rings is 1. The zero-order valence-corrected chi connectivity index (χ0v) is 23.8. The molecule has 4 aromatic rings. The van der Waals surface area contributed by atoms with Crippen LogP contribution in [0.3, 0.4) is 0 Å². The van der Waals surface area contributed by atoms with Crippen LogP contribution in [0.15, 0.2) is 55.4 Å². The van der Waals surface area contributed by atoms with Crippen LogP contribution in [-0.4, -0.2) is 88.2 Å². The molecule has 4 atom stereocenters. The Morgan fingerprint density at radius 3 is 2.81 bits per heavy atom. The number of fused-ring (bicyclic) bond motifs is 3. The average Bonchev–Trinajstić information content (AvgIpc) is 3.48. The second-order valence-electron chi connectivity index (χ2n) is 11.2. The van der Waals surface area contributed by atoms with E-state index in [1.54, 1.807) is 24.5 Å². The fourth-order valence-electron chi connectivity index (χ4n) is 6.64. The smallest absolute Gasteiger partial charge is 0.319 e. The topological polar surface area (TPSA) is 74.7 Å². The number of rotatable bonds is 6. The van der Waals surface area contributed by atoms with Gasteiger partial charge in [0.2, 0.25) is 5.91 Å². The van der Waals surface area contributed by atoms with Crippen LogP contribution in [0, 0.1) is 5.82 Å². The molecule has 3 aliphatic heterocycles. The summed E-state index contributed by atoms with van der Waals surface area (Å²) < 4.78 is 36.5. The third-order valence-corrected chi connectivity index (χ3v) is 9.17. The number of anilines is 1. The summed E-state index contributed by atoms with van der Waals surface area (Å²) in [6.45, 7) is 5.32. The van der Waals surface area contributed by atoms with E-state index in [-0.39, 0.29) is 42.2 Å². The van der Waals surface area contributed by atoms with E-state index in [1.165, 1.54) is 6.08 Å². The number of alkyl halides is 1. The first kappa shape index (κ1) is 27.0. The molecule has 1 amide bonds. The minimum Gasteiger partial charge on any atom is -0.462 e. The molecule has 11 heteroatoms. The Morgan fingerprint density at radius 1 is 1.17 bits per heavy atom. The molecule has 0 bridgehead atoms. The second kappa shape index (κ2) is 10.4. The van der Waals surface area contributed by atoms with Gasteiger partial charge in [-0.3, -0.25) is 14.7 Å². The van der Waals surface area contributed by atoms with Crippen molar-refractivity contribution in [2.45, 2.75) is 37.1 Å². The summed E-state index contributed by atoms with van der Waals surface area (Å²) in [5, 5.41) is 2.53. The van der Waals surface area contributed by atoms with Gasteiger partial charge in [0.05, 0.1) is 12.1 Å². The van der Waals surface area contributed by atoms with Crippen molar-refractivity contribution in [3.8, 4) is 17.1 Å². The van der Waals surface area contributed by atoms with E-state index in [0.717, 1.165) is 11.8 Å². The standard InChI is InChI=1S/C31H29ClF2N6O2/c1-3-26(41)39-10-9-24-25(39)15-40(24)30-21-8-7-20(22-13-35-12-17-5-4-6-23(32)27(17)22)28(34)29(21)36-31(37-30)42-16-19-11-18(33)14-38(19)2/h3-8,12-13,18-19,24-25H,1,9-11,14-16H2,2H3/t18-,19+,24-,25-/m1/s1. The predicted octanol–water partition coefficient (Wildman–Crippen LogP) is 5.03. The molecule has 7 rings (SSSR count). The van der Waals surface area contributed by atoms with Crippen LogP contribution in [0.25, 0.3) is 32.8 Å². The first-order chi connectivity index (χ1) is 20.3. The number of nitrogens with zero attached hydrogens (tertiary/aromatic N) is 6. The third kappa shape index (κ3) is 4.35. The van der Waals surface area contributed by atoms with Gasteiger partial charge in [0.1, 0.15) is 24.1 Å². The fourth-order valence-corrected chi connectivity index (χ4v) is 6.93. The third-order valence-electron chi connectivity index (χ3n) is 8.85. The molecule has 8 nitrogen and oxygen atoms in total. The van der Waals surface area contributed by atoms with Gasteiger partial charge in [-0.2, -0.15) is 9.97 Å². The Morgan fingerprint density at radius 2 is 2.02 bits per heavy atom. The molecule has 42 heavy (non-hydrogen) atoms. The highest BCUT2D eigenvalue weighted by Gasteiger charge is 2.49. The maximum atomic E-state index is 16.5. The molecule has 2 aromatic heterocycles. The quantitative estimate of drug-likeness (QED) is 0.292. The van der Waals surface area contributed by atoms with E-state index >= 15 is 4.39 Å². The van der Waals surface area contributed by atoms with Gasteiger partial charge in [-0.15, -0.1) is 0 Å². The number of likely N-dealkylation sites (N-methyl/N-ethyl adjacent to an activating group) is 1. The minimum absolute atomic E-state index is 0.0267. The van der Waals surface area contributed by atoms with Gasteiger partial charge in [-0.25, -0.2) is 8.78 Å². The van der Waals surface area contributed by atoms with Crippen LogP contribution in [0.5, 0.6) is 6.01 Å². The van der Waals surface area contributed by atoms with Crippen LogP contribution in [-0.2, 0) is 4.79 Å². The van der Waals surface area contributed by atoms with E-state index in [2.05, 4.69) is 21.4 Å². The highest BCUT2D eigenvalue weighted by molar-refractivity contribution is 6.36. The average molecular weight is 591 g/mol. The van der Waals surface area contributed by atoms with Gasteiger partial charge in [0.25, 0.3) is 0 Å². The van der Waals surface area contributed by atoms with Gasteiger partial charge in [0, 0.05) is 70.4 Å². The van der Waals surface area contributed by atoms with E-state index < -0.39 is 12.0 Å². The van der Waals surface area contributed by atoms with Crippen LogP contribution in [0.2, 0.25) is 5.02 Å². The lowest BCUT2D eigenvalue weighted by molar-refractivity contribution is -0.127. The summed E-state index contributed by atoms with van der Waals surface area (Å²) in [5.74, 6) is -0.0839. The molecular formula is C31H29ClF2N6O2. The van der Waals surface area contributed by atoms with Gasteiger partial charge < -0.3 is 14.5 Å². The number of ether oxygens (including phenoxy) is 1. The molecule has 3 fully saturated rings. The number of likely N-dealkylation sites (tertiary alicyclic amines) is 2. The summed E-state index contributed by atoms with van der Waals surface area (Å²) in [5.41, 5.74) is 0.977. The Labute approximate surface area is 246 Å². The lowest BCUT2D eigenvalue weighted by atomic mass is 9.95. The largest absolute Gasteiger partial charge is 0.462 e. The normalized spacial score (nSPS) is 23.8. The zero-order valence-electron chi connectivity index (χ0n) is 23.0. The first-order valence-electron chi connectivity index (χ1n) is 14.0. The highest BCUT2D eigenvalue weighted by atomic mass is 35.5. The lowest BCUT2D eigenvalue weighted by Crippen LogP contribution is -2.63. The Kier molecular flexibility index (Phi) is 6.70. The minimum atomic E-state index is -0.917. The Hall–Kier alpha value is -3.89. The van der Waals surface area contributed by atoms with Crippen LogP contribution in [0.1, 0.15) is 12.8 Å². The number of amides is 1. The molecule has 0 aliphatic carbocycles. The van der Waals surface area contributed by atoms with Crippen LogP contribution in [0.4, 0.5) is 14.6 Å². The van der Waals surface area contributed by atoms with E-state index in [4.69, 9.17) is 21.3 Å². The molecule has 0 N–H and O–H groups in total. The molecule has 216 valence electrons. The fraction of sp³-hybridized carbons (Fsp3) is 0.355. The molecular weight excluding hydrogens is 562 g/mol. The van der Waals surface area contributed by atoms with Crippen molar-refractivity contribution in [3.05, 3.63) is 66.2 Å². The van der Waals surface area contributed by atoms with Crippen molar-refractivity contribution >= 4 is 45.0 Å². The van der Waals surface area contributed by atoms with Crippen LogP contribution >= 0.6 is 11.6 Å². The summed E-state index contributed by atoms with van der Waals surface area (Å²) in [6, 6.07) is 8.97. The predicted molar refractivity (Wildman–Crippen MR) is 158 cm³/mol. The summed E-state index contributed by atoms with van der Waals surface area (Å²) in [4.78, 5) is 31.8. The number of carbonyl (C=O) groups is 1. The maximum Gasteiger partial charge on any atom is 0.319 e. The van der Waals surface area contributed by atoms with Crippen molar-refractivity contribution in [1.82, 2.24) is 24.8 Å². The lowest BCUT2D eigenvalue weighted by Gasteiger charge is -2.47. The second-order valence-corrected chi connectivity index (χ2v) is 11.6. The number of hydrogen-bond donors (Lipinski definition) is 0. The molecule has 3 saturated heterocycles. The Bertz CT molecular complexity index is 1730. The van der Waals surface area contributed by atoms with Gasteiger partial charge >= 0.3 is 6.01 Å². The number of hydrogen-bond acceptors (Lipinski definition) is 7. The first-order valence-corrected chi connectivity index (χ1v) is 14.4. The van der Waals surface area contributed by atoms with Gasteiger partial charge in [0.15, 0.2) is 5.82 Å². The summed E-state index contributed by atoms with van der Waals surface area (Å²) >= 11 is 6.56. The number of halogens is 3. The zero-order chi connectivity index (χ0) is 29.1. The van der Waals surface area contributed by atoms with Crippen molar-refractivity contribution in [3.63, 3.8) is 0 Å². The number of benzene rings is 2. The van der Waals surface area contributed by atoms with Crippen molar-refractivity contribution in [2.75, 3.05) is 38.2 Å². The van der Waals surface area contributed by atoms with Crippen molar-refractivity contribution < 1.29 is 18.3 Å². The van der Waals surface area contributed by atoms with Crippen molar-refractivity contribution in [1.29, 1.82) is 0 Å². The molecule has 3 aliphatic rings. The molecule has 0 spiro atoms. The van der Waals surface area contributed by atoms with Gasteiger partial charge in [-0.05, 0) is 38.1 Å². The monoisotopic (exact) mass is 590 g/mol. The molecule has 5 heterocycles. The molecule has 0 saturated carbocycles. The summed E-state index contributed by atoms with van der Waals surface area (Å²) in [7, 11) is 1.85. The van der Waals surface area contributed by atoms with Crippen molar-refractivity contribution in [2.24, 2.45) is 0 Å². The maximum absolute atomic E-state index is 16.5. The van der Waals surface area contributed by atoms with E-state index in [9.17, 15) is 9.18 Å². The number of aromatic nitrogens is 3. The van der Waals surface area contributed by atoms with E-state index in [0.29, 0.717) is 58.8 Å². The van der Waals surface area contributed by atoms with Gasteiger partial charge in [-0.1, -0.05) is 36.4 Å². The number of carbonyl (C=O) groups excluding carboxylic acids is 1. The highest BCUT2D eigenvalue weighted by Crippen LogP contribution is 2.42. The summed E-state index contributed by atoms with van der Waals surface area (Å²) in [6.07, 6.45) is 4.83. The van der Waals surface area contributed by atoms with E-state index in [1.807, 2.05) is 35.0 Å². The molecule has 0 radical (unpaired) electrons. The SMILES string of the molecule is C=CC(=O)N1CC[C@@H]2[C@H]1CN2c1nc(OC[C@@H]2C[C@@H](F)CN2C)nc2c(F)c(-c3cncc4cccc(Cl)c34)ccc12. The Balaban J connectivity index is 1.32. The van der Waals surface area contributed by atoms with Crippen LogP contribution < -0.4 is 9.64 Å². The molecule has 2 aromatic carbocycles.